The van der Waals surface area contributed by atoms with Crippen molar-refractivity contribution in [3.63, 3.8) is 0 Å². The highest BCUT2D eigenvalue weighted by atomic mass is 79.9. The molecule has 0 aliphatic heterocycles. The molecule has 0 spiro atoms. The molecule has 80 valence electrons. The third-order valence-electron chi connectivity index (χ3n) is 1.90. The molecule has 0 fully saturated rings. The fourth-order valence-electron chi connectivity index (χ4n) is 1.19. The first-order valence-corrected chi connectivity index (χ1v) is 5.48. The average molecular weight is 291 g/mol. The summed E-state index contributed by atoms with van der Waals surface area (Å²) >= 11 is 9.10. The third-order valence-corrected chi connectivity index (χ3v) is 2.60. The summed E-state index contributed by atoms with van der Waals surface area (Å²) in [5.74, 6) is 0.360. The highest BCUT2D eigenvalue weighted by molar-refractivity contribution is 9.10. The van der Waals surface area contributed by atoms with Crippen molar-refractivity contribution in [1.82, 2.24) is 19.6 Å². The van der Waals surface area contributed by atoms with Gasteiger partial charge in [-0.1, -0.05) is 11.6 Å². The minimum atomic E-state index is 0.360. The molecule has 2 heterocycles. The molecular formula is C8H9BrClN5. The first-order valence-electron chi connectivity index (χ1n) is 4.31. The Morgan fingerprint density at radius 1 is 1.33 bits per heavy atom. The lowest BCUT2D eigenvalue weighted by Gasteiger charge is -2.00. The van der Waals surface area contributed by atoms with Gasteiger partial charge in [-0.2, -0.15) is 10.2 Å². The van der Waals surface area contributed by atoms with Gasteiger partial charge in [0.15, 0.2) is 5.82 Å². The van der Waals surface area contributed by atoms with Gasteiger partial charge in [0.05, 0.1) is 23.8 Å². The van der Waals surface area contributed by atoms with Crippen LogP contribution >= 0.6 is 27.5 Å². The second-order valence-corrected chi connectivity index (χ2v) is 4.37. The van der Waals surface area contributed by atoms with E-state index in [4.69, 9.17) is 17.3 Å². The first kappa shape index (κ1) is 10.5. The first-order chi connectivity index (χ1) is 7.15. The van der Waals surface area contributed by atoms with Crippen LogP contribution in [-0.4, -0.2) is 19.6 Å². The maximum Gasteiger partial charge on any atom is 0.164 e. The molecule has 0 unspecified atom stereocenters. The molecule has 2 rings (SSSR count). The summed E-state index contributed by atoms with van der Waals surface area (Å²) in [6, 6.07) is 0. The monoisotopic (exact) mass is 289 g/mol. The summed E-state index contributed by atoms with van der Waals surface area (Å²) in [6.45, 7) is 1.41. The average Bonchev–Trinajstić information content (AvgIpc) is 2.72. The number of hydrogen-bond donors (Lipinski definition) is 1. The number of hydrogen-bond acceptors (Lipinski definition) is 3. The van der Waals surface area contributed by atoms with Crippen LogP contribution in [0.15, 0.2) is 23.1 Å². The van der Waals surface area contributed by atoms with E-state index in [1.165, 1.54) is 0 Å². The SMILES string of the molecule is Nc1nn(CCn2cc(Br)cn2)cc1Cl. The molecule has 0 aliphatic carbocycles. The van der Waals surface area contributed by atoms with Crippen LogP contribution in [0.3, 0.4) is 0 Å². The van der Waals surface area contributed by atoms with Gasteiger partial charge in [0.2, 0.25) is 0 Å². The number of anilines is 1. The zero-order chi connectivity index (χ0) is 10.8. The normalized spacial score (nSPS) is 10.8. The second-order valence-electron chi connectivity index (χ2n) is 3.05. The molecule has 2 aromatic heterocycles. The topological polar surface area (TPSA) is 61.7 Å². The van der Waals surface area contributed by atoms with Crippen molar-refractivity contribution in [2.24, 2.45) is 0 Å². The molecule has 7 heteroatoms. The molecule has 0 amide bonds. The van der Waals surface area contributed by atoms with E-state index in [2.05, 4.69) is 26.1 Å². The fraction of sp³-hybridized carbons (Fsp3) is 0.250. The Labute approximate surface area is 99.9 Å². The molecule has 0 radical (unpaired) electrons. The van der Waals surface area contributed by atoms with Crippen LogP contribution in [0.25, 0.3) is 0 Å². The Hall–Kier alpha value is -1.01. The molecule has 0 aliphatic rings. The second kappa shape index (κ2) is 4.24. The molecular weight excluding hydrogens is 281 g/mol. The van der Waals surface area contributed by atoms with Gasteiger partial charge in [-0.25, -0.2) is 0 Å². The van der Waals surface area contributed by atoms with Crippen LogP contribution in [0.1, 0.15) is 0 Å². The van der Waals surface area contributed by atoms with Crippen molar-refractivity contribution in [2.75, 3.05) is 5.73 Å². The Balaban J connectivity index is 1.99. The summed E-state index contributed by atoms with van der Waals surface area (Å²) in [5, 5.41) is 8.65. The highest BCUT2D eigenvalue weighted by Crippen LogP contribution is 2.15. The van der Waals surface area contributed by atoms with Crippen LogP contribution < -0.4 is 5.73 Å². The lowest BCUT2D eigenvalue weighted by Crippen LogP contribution is -2.08. The zero-order valence-corrected chi connectivity index (χ0v) is 10.1. The van der Waals surface area contributed by atoms with Crippen LogP contribution in [0, 0.1) is 0 Å². The van der Waals surface area contributed by atoms with Crippen LogP contribution in [-0.2, 0) is 13.1 Å². The lowest BCUT2D eigenvalue weighted by molar-refractivity contribution is 0.501. The maximum atomic E-state index is 5.78. The zero-order valence-electron chi connectivity index (χ0n) is 7.77. The maximum absolute atomic E-state index is 5.78. The number of aromatic nitrogens is 4. The lowest BCUT2D eigenvalue weighted by atomic mass is 10.6. The Morgan fingerprint density at radius 2 is 2.07 bits per heavy atom. The molecule has 0 bridgehead atoms. The molecule has 15 heavy (non-hydrogen) atoms. The third kappa shape index (κ3) is 2.51. The van der Waals surface area contributed by atoms with E-state index in [0.29, 0.717) is 17.4 Å². The molecule has 0 saturated heterocycles. The number of aryl methyl sites for hydroxylation is 2. The number of nitrogens with two attached hydrogens (primary N) is 1. The van der Waals surface area contributed by atoms with E-state index in [9.17, 15) is 0 Å². The summed E-state index contributed by atoms with van der Waals surface area (Å²) in [7, 11) is 0. The molecule has 0 aromatic carbocycles. The highest BCUT2D eigenvalue weighted by Gasteiger charge is 2.02. The quantitative estimate of drug-likeness (QED) is 0.937. The minimum absolute atomic E-state index is 0.360. The number of halogens is 2. The molecule has 2 aromatic rings. The van der Waals surface area contributed by atoms with Crippen LogP contribution in [0.5, 0.6) is 0 Å². The smallest absolute Gasteiger partial charge is 0.164 e. The Morgan fingerprint density at radius 3 is 2.60 bits per heavy atom. The summed E-state index contributed by atoms with van der Waals surface area (Å²) < 4.78 is 4.48. The van der Waals surface area contributed by atoms with Crippen molar-refractivity contribution in [3.05, 3.63) is 28.1 Å². The standard InChI is InChI=1S/C8H9BrClN5/c9-6-3-12-14(4-6)1-2-15-5-7(10)8(11)13-15/h3-5H,1-2H2,(H2,11,13). The van der Waals surface area contributed by atoms with Crippen molar-refractivity contribution in [1.29, 1.82) is 0 Å². The van der Waals surface area contributed by atoms with Gasteiger partial charge in [-0.3, -0.25) is 9.36 Å². The van der Waals surface area contributed by atoms with E-state index in [1.807, 2.05) is 10.9 Å². The fourth-order valence-corrected chi connectivity index (χ4v) is 1.67. The largest absolute Gasteiger partial charge is 0.381 e. The number of rotatable bonds is 3. The number of nitrogens with zero attached hydrogens (tertiary/aromatic N) is 4. The summed E-state index contributed by atoms with van der Waals surface area (Å²) in [4.78, 5) is 0. The van der Waals surface area contributed by atoms with Gasteiger partial charge >= 0.3 is 0 Å². The van der Waals surface area contributed by atoms with Gasteiger partial charge in [0.1, 0.15) is 5.02 Å². The predicted octanol–water partition coefficient (Wildman–Crippen LogP) is 1.78. The van der Waals surface area contributed by atoms with E-state index in [-0.39, 0.29) is 0 Å². The van der Waals surface area contributed by atoms with Crippen molar-refractivity contribution < 1.29 is 0 Å². The van der Waals surface area contributed by atoms with Gasteiger partial charge in [0, 0.05) is 12.4 Å². The van der Waals surface area contributed by atoms with Crippen molar-refractivity contribution >= 4 is 33.3 Å². The Kier molecular flexibility index (Phi) is 2.97. The van der Waals surface area contributed by atoms with E-state index in [1.54, 1.807) is 17.1 Å². The summed E-state index contributed by atoms with van der Waals surface area (Å²) in [6.07, 6.45) is 5.34. The molecule has 0 atom stereocenters. The van der Waals surface area contributed by atoms with Crippen LogP contribution in [0.4, 0.5) is 5.82 Å². The van der Waals surface area contributed by atoms with E-state index in [0.717, 1.165) is 11.0 Å². The van der Waals surface area contributed by atoms with Crippen LogP contribution in [0.2, 0.25) is 5.02 Å². The number of nitrogen functional groups attached to an aromatic ring is 1. The Bertz CT molecular complexity index is 444. The van der Waals surface area contributed by atoms with Gasteiger partial charge < -0.3 is 5.73 Å². The molecule has 0 saturated carbocycles. The van der Waals surface area contributed by atoms with E-state index >= 15 is 0 Å². The van der Waals surface area contributed by atoms with Crippen molar-refractivity contribution in [2.45, 2.75) is 13.1 Å². The molecule has 2 N–H and O–H groups in total. The van der Waals surface area contributed by atoms with Gasteiger partial charge in [-0.15, -0.1) is 0 Å². The minimum Gasteiger partial charge on any atom is -0.381 e. The summed E-state index contributed by atoms with van der Waals surface area (Å²) in [5.41, 5.74) is 5.52. The van der Waals surface area contributed by atoms with Crippen molar-refractivity contribution in [3.8, 4) is 0 Å². The van der Waals surface area contributed by atoms with Gasteiger partial charge in [-0.05, 0) is 15.9 Å². The molecule has 5 nitrogen and oxygen atoms in total. The predicted molar refractivity (Wildman–Crippen MR) is 61.6 cm³/mol. The van der Waals surface area contributed by atoms with Gasteiger partial charge in [0.25, 0.3) is 0 Å². The van der Waals surface area contributed by atoms with E-state index < -0.39 is 0 Å².